The number of esters is 3. The van der Waals surface area contributed by atoms with E-state index in [4.69, 9.17) is 14.2 Å². The highest BCUT2D eigenvalue weighted by molar-refractivity contribution is 5.71. The first-order chi connectivity index (χ1) is 33.0. The summed E-state index contributed by atoms with van der Waals surface area (Å²) in [6.07, 6.45) is 71.4. The third-order valence-corrected chi connectivity index (χ3v) is 11.9. The number of carbonyl (C=O) groups is 3. The minimum absolute atomic E-state index is 0.0957. The van der Waals surface area contributed by atoms with Crippen molar-refractivity contribution in [1.29, 1.82) is 0 Å². The Kier molecular flexibility index (Phi) is 52.4. The van der Waals surface area contributed by atoms with Crippen LogP contribution in [0.5, 0.6) is 0 Å². The van der Waals surface area contributed by atoms with E-state index in [-0.39, 0.29) is 37.5 Å². The molecule has 0 aromatic carbocycles. The van der Waals surface area contributed by atoms with Gasteiger partial charge in [-0.2, -0.15) is 0 Å². The predicted octanol–water partition coefficient (Wildman–Crippen LogP) is 18.8. The first kappa shape index (κ1) is 63.6. The van der Waals surface area contributed by atoms with Gasteiger partial charge >= 0.3 is 17.9 Å². The Bertz CT molecular complexity index is 1300. The van der Waals surface area contributed by atoms with Gasteiger partial charge in [-0.25, -0.2) is 0 Å². The number of unbranched alkanes of at least 4 members (excludes halogenated alkanes) is 25. The Labute approximate surface area is 414 Å². The molecule has 0 N–H and O–H groups in total. The quantitative estimate of drug-likeness (QED) is 0.0262. The summed E-state index contributed by atoms with van der Waals surface area (Å²) in [5.41, 5.74) is 0. The lowest BCUT2D eigenvalue weighted by Crippen LogP contribution is -2.30. The van der Waals surface area contributed by atoms with Crippen LogP contribution in [0.2, 0.25) is 0 Å². The van der Waals surface area contributed by atoms with Gasteiger partial charge in [-0.1, -0.05) is 241 Å². The van der Waals surface area contributed by atoms with Crippen LogP contribution in [0, 0.1) is 0 Å². The molecule has 1 unspecified atom stereocenters. The second-order valence-electron chi connectivity index (χ2n) is 18.5. The van der Waals surface area contributed by atoms with E-state index >= 15 is 0 Å². The summed E-state index contributed by atoms with van der Waals surface area (Å²) >= 11 is 0. The molecule has 384 valence electrons. The first-order valence-corrected chi connectivity index (χ1v) is 28.1. The summed E-state index contributed by atoms with van der Waals surface area (Å²) in [4.78, 5) is 38.1. The molecule has 0 spiro atoms. The highest BCUT2D eigenvalue weighted by atomic mass is 16.6. The lowest BCUT2D eigenvalue weighted by Gasteiger charge is -2.18. The summed E-state index contributed by atoms with van der Waals surface area (Å²) in [5, 5.41) is 0. The molecular weight excluding hydrogens is 829 g/mol. The highest BCUT2D eigenvalue weighted by Crippen LogP contribution is 2.15. The van der Waals surface area contributed by atoms with Crippen molar-refractivity contribution in [2.24, 2.45) is 0 Å². The molecule has 0 rings (SSSR count). The molecule has 0 bridgehead atoms. The van der Waals surface area contributed by atoms with Crippen molar-refractivity contribution in [2.75, 3.05) is 13.2 Å². The Morgan fingerprint density at radius 2 is 0.597 bits per heavy atom. The van der Waals surface area contributed by atoms with Crippen LogP contribution in [0.4, 0.5) is 0 Å². The Morgan fingerprint density at radius 1 is 0.313 bits per heavy atom. The number of rotatable bonds is 50. The van der Waals surface area contributed by atoms with Crippen LogP contribution < -0.4 is 0 Å². The van der Waals surface area contributed by atoms with Crippen molar-refractivity contribution in [1.82, 2.24) is 0 Å². The predicted molar refractivity (Wildman–Crippen MR) is 288 cm³/mol. The molecule has 1 atom stereocenters. The van der Waals surface area contributed by atoms with Gasteiger partial charge in [0.2, 0.25) is 0 Å². The molecule has 0 radical (unpaired) electrons. The minimum Gasteiger partial charge on any atom is -0.462 e. The molecule has 0 amide bonds. The third kappa shape index (κ3) is 53.4. The molecule has 0 heterocycles. The van der Waals surface area contributed by atoms with Crippen molar-refractivity contribution in [3.8, 4) is 0 Å². The molecule has 0 saturated heterocycles. The maximum absolute atomic E-state index is 12.8. The van der Waals surface area contributed by atoms with Gasteiger partial charge in [0.1, 0.15) is 13.2 Å². The largest absolute Gasteiger partial charge is 0.462 e. The van der Waals surface area contributed by atoms with Gasteiger partial charge in [0.15, 0.2) is 6.10 Å². The highest BCUT2D eigenvalue weighted by Gasteiger charge is 2.19. The molecule has 67 heavy (non-hydrogen) atoms. The van der Waals surface area contributed by atoms with Gasteiger partial charge < -0.3 is 14.2 Å². The zero-order valence-electron chi connectivity index (χ0n) is 43.9. The van der Waals surface area contributed by atoms with Crippen LogP contribution in [0.1, 0.15) is 265 Å². The first-order valence-electron chi connectivity index (χ1n) is 28.1. The standard InChI is InChI=1S/C61H104O6/c1-4-7-10-13-16-19-22-25-28-30-33-36-39-42-45-48-51-54-60(63)66-57-58(56-65-59(62)53-50-47-44-41-38-35-32-27-24-21-18-15-12-9-6-3)67-61(64)55-52-49-46-43-40-37-34-31-29-26-23-20-17-14-11-8-5-2/h7,10,16-17,19-20,25-26,28-29,33,36,42,45,58H,4-6,8-9,11-15,18,21-24,27,30-32,34-35,37-41,43-44,46-57H2,1-3H3/b10-7-,19-16-,20-17-,28-25-,29-26-,36-33-,45-42-. The number of ether oxygens (including phenoxy) is 3. The van der Waals surface area contributed by atoms with E-state index in [9.17, 15) is 14.4 Å². The van der Waals surface area contributed by atoms with Crippen LogP contribution in [-0.2, 0) is 28.6 Å². The molecule has 0 aromatic rings. The van der Waals surface area contributed by atoms with Gasteiger partial charge in [-0.3, -0.25) is 14.4 Å². The molecule has 6 nitrogen and oxygen atoms in total. The molecule has 6 heteroatoms. The molecular formula is C61H104O6. The SMILES string of the molecule is CC/C=C\C/C=C\C/C=C\C/C=C\C/C=C\CCCC(=O)OCC(COC(=O)CCCCCCCCCCCCCCCCC)OC(=O)CCCCCCCCC/C=C\C/C=C\CCCCC. The zero-order valence-corrected chi connectivity index (χ0v) is 43.9. The van der Waals surface area contributed by atoms with Crippen LogP contribution >= 0.6 is 0 Å². The molecule has 0 aliphatic carbocycles. The monoisotopic (exact) mass is 933 g/mol. The van der Waals surface area contributed by atoms with Crippen molar-refractivity contribution in [2.45, 2.75) is 271 Å². The lowest BCUT2D eigenvalue weighted by atomic mass is 10.0. The zero-order chi connectivity index (χ0) is 48.6. The van der Waals surface area contributed by atoms with E-state index < -0.39 is 6.10 Å². The Balaban J connectivity index is 4.48. The maximum atomic E-state index is 12.8. The fourth-order valence-corrected chi connectivity index (χ4v) is 7.68. The smallest absolute Gasteiger partial charge is 0.306 e. The summed E-state index contributed by atoms with van der Waals surface area (Å²) in [7, 11) is 0. The van der Waals surface area contributed by atoms with Crippen LogP contribution in [-0.4, -0.2) is 37.2 Å². The minimum atomic E-state index is -0.803. The Morgan fingerprint density at radius 3 is 1.00 bits per heavy atom. The van der Waals surface area contributed by atoms with Gasteiger partial charge in [-0.05, 0) is 89.9 Å². The van der Waals surface area contributed by atoms with Crippen molar-refractivity contribution < 1.29 is 28.6 Å². The average molecular weight is 933 g/mol. The summed E-state index contributed by atoms with van der Waals surface area (Å²) in [6.45, 7) is 6.46. The molecule has 0 aromatic heterocycles. The van der Waals surface area contributed by atoms with Gasteiger partial charge in [0, 0.05) is 19.3 Å². The van der Waals surface area contributed by atoms with E-state index in [2.05, 4.69) is 106 Å². The second-order valence-corrected chi connectivity index (χ2v) is 18.5. The van der Waals surface area contributed by atoms with E-state index in [0.29, 0.717) is 19.3 Å². The van der Waals surface area contributed by atoms with Crippen molar-refractivity contribution in [3.05, 3.63) is 85.1 Å². The van der Waals surface area contributed by atoms with Crippen LogP contribution in [0.25, 0.3) is 0 Å². The Hall–Kier alpha value is -3.41. The normalized spacial score (nSPS) is 12.7. The third-order valence-electron chi connectivity index (χ3n) is 11.9. The fourth-order valence-electron chi connectivity index (χ4n) is 7.68. The molecule has 0 aliphatic rings. The number of hydrogen-bond donors (Lipinski definition) is 0. The summed E-state index contributed by atoms with van der Waals surface area (Å²) in [5.74, 6) is -0.958. The van der Waals surface area contributed by atoms with E-state index in [1.165, 1.54) is 128 Å². The van der Waals surface area contributed by atoms with Gasteiger partial charge in [-0.15, -0.1) is 0 Å². The van der Waals surface area contributed by atoms with Crippen LogP contribution in [0.15, 0.2) is 85.1 Å². The second kappa shape index (κ2) is 55.2. The average Bonchev–Trinajstić information content (AvgIpc) is 3.33. The molecule has 0 saturated carbocycles. The summed E-state index contributed by atoms with van der Waals surface area (Å²) < 4.78 is 16.8. The van der Waals surface area contributed by atoms with E-state index in [1.54, 1.807) is 0 Å². The van der Waals surface area contributed by atoms with Crippen LogP contribution in [0.3, 0.4) is 0 Å². The lowest BCUT2D eigenvalue weighted by molar-refractivity contribution is -0.167. The topological polar surface area (TPSA) is 78.9 Å². The molecule has 0 fully saturated rings. The van der Waals surface area contributed by atoms with Gasteiger partial charge in [0.25, 0.3) is 0 Å². The molecule has 0 aliphatic heterocycles. The van der Waals surface area contributed by atoms with E-state index in [0.717, 1.165) is 89.9 Å². The summed E-state index contributed by atoms with van der Waals surface area (Å²) in [6, 6.07) is 0. The van der Waals surface area contributed by atoms with Crippen molar-refractivity contribution >= 4 is 17.9 Å². The fraction of sp³-hybridized carbons (Fsp3) is 0.721. The van der Waals surface area contributed by atoms with E-state index in [1.807, 2.05) is 0 Å². The van der Waals surface area contributed by atoms with Crippen molar-refractivity contribution in [3.63, 3.8) is 0 Å². The number of carbonyl (C=O) groups excluding carboxylic acids is 3. The number of hydrogen-bond acceptors (Lipinski definition) is 6. The maximum Gasteiger partial charge on any atom is 0.306 e. The number of allylic oxidation sites excluding steroid dienone is 14. The van der Waals surface area contributed by atoms with Gasteiger partial charge in [0.05, 0.1) is 0 Å².